The number of amides is 2. The summed E-state index contributed by atoms with van der Waals surface area (Å²) in [7, 11) is 0. The number of ether oxygens (including phenoxy) is 1. The molecule has 8 heteroatoms. The monoisotopic (exact) mass is 440 g/mol. The van der Waals surface area contributed by atoms with E-state index < -0.39 is 30.1 Å². The molecule has 2 aromatic carbocycles. The molecule has 0 saturated carbocycles. The lowest BCUT2D eigenvalue weighted by Crippen LogP contribution is -2.49. The van der Waals surface area contributed by atoms with Gasteiger partial charge in [-0.05, 0) is 36.1 Å². The van der Waals surface area contributed by atoms with E-state index in [2.05, 4.69) is 17.4 Å². The molecule has 0 aromatic heterocycles. The molecule has 2 amide bonds. The first-order valence-electron chi connectivity index (χ1n) is 10.5. The SMILES string of the molecule is CC(C)(CC(=O)N(CCO)CC(=O)O)NC(=O)OCC1c2ccccc2-c2ccccc21. The fourth-order valence-electron chi connectivity index (χ4n) is 4.02. The Morgan fingerprint density at radius 2 is 1.59 bits per heavy atom. The van der Waals surface area contributed by atoms with Gasteiger partial charge in [0.1, 0.15) is 13.2 Å². The predicted octanol–water partition coefficient (Wildman–Crippen LogP) is 2.60. The van der Waals surface area contributed by atoms with Crippen LogP contribution in [-0.2, 0) is 14.3 Å². The van der Waals surface area contributed by atoms with Gasteiger partial charge in [0.05, 0.1) is 6.61 Å². The predicted molar refractivity (Wildman–Crippen MR) is 118 cm³/mol. The molecule has 0 spiro atoms. The van der Waals surface area contributed by atoms with Gasteiger partial charge in [-0.3, -0.25) is 9.59 Å². The zero-order valence-electron chi connectivity index (χ0n) is 18.2. The highest BCUT2D eigenvalue weighted by molar-refractivity contribution is 5.83. The summed E-state index contributed by atoms with van der Waals surface area (Å²) < 4.78 is 5.52. The maximum absolute atomic E-state index is 12.5. The van der Waals surface area contributed by atoms with Gasteiger partial charge in [0.2, 0.25) is 5.91 Å². The van der Waals surface area contributed by atoms with E-state index in [1.807, 2.05) is 36.4 Å². The summed E-state index contributed by atoms with van der Waals surface area (Å²) in [6, 6.07) is 16.1. The molecule has 0 atom stereocenters. The van der Waals surface area contributed by atoms with Crippen LogP contribution < -0.4 is 5.32 Å². The molecular weight excluding hydrogens is 412 g/mol. The van der Waals surface area contributed by atoms with E-state index in [0.717, 1.165) is 27.2 Å². The van der Waals surface area contributed by atoms with E-state index in [1.165, 1.54) is 0 Å². The van der Waals surface area contributed by atoms with Crippen molar-refractivity contribution in [2.24, 2.45) is 0 Å². The van der Waals surface area contributed by atoms with Crippen LogP contribution in [0.15, 0.2) is 48.5 Å². The molecule has 3 N–H and O–H groups in total. The number of nitrogens with zero attached hydrogens (tertiary/aromatic N) is 1. The Morgan fingerprint density at radius 1 is 1.03 bits per heavy atom. The molecule has 1 aliphatic rings. The Bertz CT molecular complexity index is 958. The number of carbonyl (C=O) groups excluding carboxylic acids is 2. The van der Waals surface area contributed by atoms with Crippen LogP contribution in [0.4, 0.5) is 4.79 Å². The van der Waals surface area contributed by atoms with Gasteiger partial charge < -0.3 is 25.2 Å². The van der Waals surface area contributed by atoms with Crippen LogP contribution in [0, 0.1) is 0 Å². The van der Waals surface area contributed by atoms with E-state index in [1.54, 1.807) is 13.8 Å². The quantitative estimate of drug-likeness (QED) is 0.552. The van der Waals surface area contributed by atoms with Crippen molar-refractivity contribution in [2.45, 2.75) is 31.7 Å². The Labute approximate surface area is 186 Å². The second-order valence-corrected chi connectivity index (χ2v) is 8.44. The van der Waals surface area contributed by atoms with Crippen molar-refractivity contribution < 1.29 is 29.3 Å². The van der Waals surface area contributed by atoms with Crippen LogP contribution in [0.1, 0.15) is 37.3 Å². The second-order valence-electron chi connectivity index (χ2n) is 8.44. The molecule has 3 rings (SSSR count). The molecule has 8 nitrogen and oxygen atoms in total. The number of aliphatic hydroxyl groups is 1. The van der Waals surface area contributed by atoms with Crippen LogP contribution in [0.2, 0.25) is 0 Å². The number of benzene rings is 2. The lowest BCUT2D eigenvalue weighted by Gasteiger charge is -2.29. The maximum Gasteiger partial charge on any atom is 0.407 e. The fraction of sp³-hybridized carbons (Fsp3) is 0.375. The zero-order valence-corrected chi connectivity index (χ0v) is 18.2. The standard InChI is InChI=1S/C24H28N2O6/c1-24(2,13-21(28)26(11-12-27)14-22(29)30)25-23(31)32-15-20-18-9-5-3-7-16(18)17-8-4-6-10-19(17)20/h3-10,20,27H,11-15H2,1-2H3,(H,25,31)(H,29,30). The summed E-state index contributed by atoms with van der Waals surface area (Å²) in [5.41, 5.74) is 3.50. The minimum atomic E-state index is -1.17. The smallest absolute Gasteiger partial charge is 0.407 e. The molecule has 0 bridgehead atoms. The molecule has 1 aliphatic carbocycles. The summed E-state index contributed by atoms with van der Waals surface area (Å²) in [6.07, 6.45) is -0.790. The minimum absolute atomic E-state index is 0.0755. The van der Waals surface area contributed by atoms with Crippen molar-refractivity contribution in [3.05, 3.63) is 59.7 Å². The van der Waals surface area contributed by atoms with E-state index in [4.69, 9.17) is 14.9 Å². The third kappa shape index (κ3) is 5.45. The third-order valence-corrected chi connectivity index (χ3v) is 5.43. The molecule has 0 fully saturated rings. The normalized spacial score (nSPS) is 12.6. The first-order chi connectivity index (χ1) is 15.2. The highest BCUT2D eigenvalue weighted by Gasteiger charge is 2.31. The average Bonchev–Trinajstić information content (AvgIpc) is 3.05. The highest BCUT2D eigenvalue weighted by Crippen LogP contribution is 2.44. The van der Waals surface area contributed by atoms with Crippen molar-refractivity contribution in [2.75, 3.05) is 26.3 Å². The summed E-state index contributed by atoms with van der Waals surface area (Å²) >= 11 is 0. The summed E-state index contributed by atoms with van der Waals surface area (Å²) in [6.45, 7) is 2.51. The topological polar surface area (TPSA) is 116 Å². The summed E-state index contributed by atoms with van der Waals surface area (Å²) in [5, 5.41) is 20.7. The Kier molecular flexibility index (Phi) is 7.15. The first-order valence-corrected chi connectivity index (χ1v) is 10.5. The molecule has 32 heavy (non-hydrogen) atoms. The van der Waals surface area contributed by atoms with Crippen LogP contribution in [0.3, 0.4) is 0 Å². The van der Waals surface area contributed by atoms with Crippen molar-refractivity contribution in [1.82, 2.24) is 10.2 Å². The Balaban J connectivity index is 1.61. The molecular formula is C24H28N2O6. The maximum atomic E-state index is 12.5. The van der Waals surface area contributed by atoms with Crippen molar-refractivity contribution >= 4 is 18.0 Å². The number of hydrogen-bond acceptors (Lipinski definition) is 5. The third-order valence-electron chi connectivity index (χ3n) is 5.43. The molecule has 0 heterocycles. The summed E-state index contributed by atoms with van der Waals surface area (Å²) in [4.78, 5) is 37.0. The second kappa shape index (κ2) is 9.82. The fourth-order valence-corrected chi connectivity index (χ4v) is 4.02. The number of carboxylic acid groups (broad SMARTS) is 1. The molecule has 170 valence electrons. The van der Waals surface area contributed by atoms with Gasteiger partial charge in [-0.2, -0.15) is 0 Å². The van der Waals surface area contributed by atoms with E-state index in [0.29, 0.717) is 0 Å². The Morgan fingerprint density at radius 3 is 2.12 bits per heavy atom. The van der Waals surface area contributed by atoms with E-state index in [-0.39, 0.29) is 32.1 Å². The Hall–Kier alpha value is -3.39. The molecule has 0 aliphatic heterocycles. The van der Waals surface area contributed by atoms with Gasteiger partial charge in [-0.25, -0.2) is 4.79 Å². The molecule has 0 saturated heterocycles. The largest absolute Gasteiger partial charge is 0.480 e. The van der Waals surface area contributed by atoms with Crippen LogP contribution in [0.5, 0.6) is 0 Å². The molecule has 0 unspecified atom stereocenters. The number of nitrogens with one attached hydrogen (secondary N) is 1. The number of carbonyl (C=O) groups is 3. The molecule has 2 aromatic rings. The van der Waals surface area contributed by atoms with Crippen molar-refractivity contribution in [3.8, 4) is 11.1 Å². The number of fused-ring (bicyclic) bond motifs is 3. The van der Waals surface area contributed by atoms with Crippen LogP contribution >= 0.6 is 0 Å². The van der Waals surface area contributed by atoms with E-state index >= 15 is 0 Å². The van der Waals surface area contributed by atoms with E-state index in [9.17, 15) is 14.4 Å². The number of aliphatic carboxylic acids is 1. The van der Waals surface area contributed by atoms with Crippen molar-refractivity contribution in [1.29, 1.82) is 0 Å². The van der Waals surface area contributed by atoms with Gasteiger partial charge >= 0.3 is 12.1 Å². The average molecular weight is 440 g/mol. The minimum Gasteiger partial charge on any atom is -0.480 e. The number of hydrogen-bond donors (Lipinski definition) is 3. The lowest BCUT2D eigenvalue weighted by molar-refractivity contribution is -0.145. The number of carboxylic acids is 1. The number of aliphatic hydroxyl groups excluding tert-OH is 1. The highest BCUT2D eigenvalue weighted by atomic mass is 16.5. The van der Waals surface area contributed by atoms with Gasteiger partial charge in [0.25, 0.3) is 0 Å². The van der Waals surface area contributed by atoms with Gasteiger partial charge in [0.15, 0.2) is 0 Å². The summed E-state index contributed by atoms with van der Waals surface area (Å²) in [5.74, 6) is -1.73. The van der Waals surface area contributed by atoms with Gasteiger partial charge in [0, 0.05) is 24.4 Å². The van der Waals surface area contributed by atoms with Crippen LogP contribution in [0.25, 0.3) is 11.1 Å². The first kappa shape index (κ1) is 23.3. The number of rotatable bonds is 9. The zero-order chi connectivity index (χ0) is 23.3. The molecule has 0 radical (unpaired) electrons. The lowest BCUT2D eigenvalue weighted by atomic mass is 9.98. The van der Waals surface area contributed by atoms with Crippen LogP contribution in [-0.4, -0.2) is 64.9 Å². The number of alkyl carbamates (subject to hydrolysis) is 1. The van der Waals surface area contributed by atoms with Crippen molar-refractivity contribution in [3.63, 3.8) is 0 Å². The van der Waals surface area contributed by atoms with Gasteiger partial charge in [-0.1, -0.05) is 48.5 Å². The van der Waals surface area contributed by atoms with Gasteiger partial charge in [-0.15, -0.1) is 0 Å².